The highest BCUT2D eigenvalue weighted by molar-refractivity contribution is 5.39. The number of nitrogens with one attached hydrogen (secondary N) is 1. The maximum absolute atomic E-state index is 5.37. The fourth-order valence-electron chi connectivity index (χ4n) is 1.74. The minimum absolute atomic E-state index is 0.676. The van der Waals surface area contributed by atoms with Crippen LogP contribution in [0.15, 0.2) is 18.3 Å². The molecule has 0 fully saturated rings. The summed E-state index contributed by atoms with van der Waals surface area (Å²) >= 11 is 0. The molecule has 1 aromatic heterocycles. The van der Waals surface area contributed by atoms with E-state index in [4.69, 9.17) is 4.74 Å². The zero-order valence-corrected chi connectivity index (χ0v) is 12.6. The van der Waals surface area contributed by atoms with E-state index in [1.54, 1.807) is 0 Å². The summed E-state index contributed by atoms with van der Waals surface area (Å²) in [5.74, 6) is 1.68. The highest BCUT2D eigenvalue weighted by Crippen LogP contribution is 2.10. The summed E-state index contributed by atoms with van der Waals surface area (Å²) in [4.78, 5) is 6.53. The summed E-state index contributed by atoms with van der Waals surface area (Å²) in [7, 11) is 2.05. The van der Waals surface area contributed by atoms with Crippen molar-refractivity contribution < 1.29 is 4.74 Å². The summed E-state index contributed by atoms with van der Waals surface area (Å²) in [6.45, 7) is 10.7. The van der Waals surface area contributed by atoms with Gasteiger partial charge in [0.05, 0.1) is 6.61 Å². The number of ether oxygens (including phenoxy) is 1. The van der Waals surface area contributed by atoms with Crippen LogP contribution in [0.1, 0.15) is 26.3 Å². The molecule has 1 rings (SSSR count). The van der Waals surface area contributed by atoms with E-state index in [1.807, 2.05) is 20.2 Å². The fourth-order valence-corrected chi connectivity index (χ4v) is 1.74. The lowest BCUT2D eigenvalue weighted by molar-refractivity contribution is 0.154. The number of aromatic nitrogens is 1. The van der Waals surface area contributed by atoms with E-state index in [-0.39, 0.29) is 0 Å². The van der Waals surface area contributed by atoms with Gasteiger partial charge in [-0.2, -0.15) is 0 Å². The number of hydrogen-bond acceptors (Lipinski definition) is 4. The van der Waals surface area contributed by atoms with Crippen molar-refractivity contribution >= 4 is 5.82 Å². The standard InChI is InChI=1S/C15H27N3O/c1-5-19-9-8-18(4)15-10-14(6-7-17-15)12-16-11-13(2)3/h6-7,10,13,16H,5,8-9,11-12H2,1-4H3. The third-order valence-corrected chi connectivity index (χ3v) is 2.86. The molecule has 108 valence electrons. The van der Waals surface area contributed by atoms with Gasteiger partial charge in [0, 0.05) is 32.9 Å². The van der Waals surface area contributed by atoms with Gasteiger partial charge in [-0.25, -0.2) is 4.98 Å². The lowest BCUT2D eigenvalue weighted by atomic mass is 10.2. The number of anilines is 1. The molecule has 1 aromatic rings. The van der Waals surface area contributed by atoms with Crippen LogP contribution in [0.25, 0.3) is 0 Å². The number of hydrogen-bond donors (Lipinski definition) is 1. The molecule has 0 bridgehead atoms. The number of likely N-dealkylation sites (N-methyl/N-ethyl adjacent to an activating group) is 1. The summed E-state index contributed by atoms with van der Waals surface area (Å²) < 4.78 is 5.37. The van der Waals surface area contributed by atoms with E-state index < -0.39 is 0 Å². The first-order valence-electron chi connectivity index (χ1n) is 7.08. The van der Waals surface area contributed by atoms with Crippen LogP contribution < -0.4 is 10.2 Å². The molecular weight excluding hydrogens is 238 g/mol. The van der Waals surface area contributed by atoms with Gasteiger partial charge in [-0.1, -0.05) is 13.8 Å². The topological polar surface area (TPSA) is 37.4 Å². The first-order valence-corrected chi connectivity index (χ1v) is 7.08. The summed E-state index contributed by atoms with van der Waals surface area (Å²) in [6.07, 6.45) is 1.87. The Morgan fingerprint density at radius 3 is 2.89 bits per heavy atom. The first-order chi connectivity index (χ1) is 9.13. The Morgan fingerprint density at radius 2 is 2.21 bits per heavy atom. The van der Waals surface area contributed by atoms with E-state index in [2.05, 4.69) is 41.2 Å². The zero-order valence-electron chi connectivity index (χ0n) is 12.6. The molecule has 1 heterocycles. The summed E-state index contributed by atoms with van der Waals surface area (Å²) in [6, 6.07) is 4.20. The molecule has 0 amide bonds. The smallest absolute Gasteiger partial charge is 0.128 e. The van der Waals surface area contributed by atoms with Crippen LogP contribution in [0.2, 0.25) is 0 Å². The quantitative estimate of drug-likeness (QED) is 0.695. The van der Waals surface area contributed by atoms with Crippen molar-refractivity contribution in [3.8, 4) is 0 Å². The third-order valence-electron chi connectivity index (χ3n) is 2.86. The van der Waals surface area contributed by atoms with Gasteiger partial charge < -0.3 is 15.0 Å². The maximum Gasteiger partial charge on any atom is 0.128 e. The third kappa shape index (κ3) is 6.55. The second-order valence-electron chi connectivity index (χ2n) is 5.17. The lowest BCUT2D eigenvalue weighted by Gasteiger charge is -2.18. The van der Waals surface area contributed by atoms with Crippen molar-refractivity contribution in [3.05, 3.63) is 23.9 Å². The van der Waals surface area contributed by atoms with Crippen molar-refractivity contribution in [2.45, 2.75) is 27.3 Å². The second-order valence-corrected chi connectivity index (χ2v) is 5.17. The van der Waals surface area contributed by atoms with Gasteiger partial charge in [-0.15, -0.1) is 0 Å². The molecule has 0 aromatic carbocycles. The predicted octanol–water partition coefficient (Wildman–Crippen LogP) is 2.30. The number of rotatable bonds is 9. The monoisotopic (exact) mass is 265 g/mol. The molecule has 0 spiro atoms. The van der Waals surface area contributed by atoms with Gasteiger partial charge in [-0.05, 0) is 37.1 Å². The average Bonchev–Trinajstić information content (AvgIpc) is 2.39. The van der Waals surface area contributed by atoms with Crippen LogP contribution in [-0.2, 0) is 11.3 Å². The minimum Gasteiger partial charge on any atom is -0.380 e. The van der Waals surface area contributed by atoms with E-state index in [1.165, 1.54) is 5.56 Å². The van der Waals surface area contributed by atoms with Crippen LogP contribution in [0, 0.1) is 5.92 Å². The van der Waals surface area contributed by atoms with Crippen LogP contribution in [0.5, 0.6) is 0 Å². The van der Waals surface area contributed by atoms with Gasteiger partial charge in [-0.3, -0.25) is 0 Å². The van der Waals surface area contributed by atoms with Gasteiger partial charge in [0.15, 0.2) is 0 Å². The van der Waals surface area contributed by atoms with Gasteiger partial charge >= 0.3 is 0 Å². The predicted molar refractivity (Wildman–Crippen MR) is 80.5 cm³/mol. The summed E-state index contributed by atoms with van der Waals surface area (Å²) in [5, 5.41) is 3.45. The van der Waals surface area contributed by atoms with Crippen molar-refractivity contribution in [1.82, 2.24) is 10.3 Å². The second kappa shape index (κ2) is 8.88. The van der Waals surface area contributed by atoms with Crippen LogP contribution in [-0.4, -0.2) is 38.3 Å². The minimum atomic E-state index is 0.676. The van der Waals surface area contributed by atoms with Crippen molar-refractivity contribution in [3.63, 3.8) is 0 Å². The zero-order chi connectivity index (χ0) is 14.1. The number of nitrogens with zero attached hydrogens (tertiary/aromatic N) is 2. The van der Waals surface area contributed by atoms with E-state index in [0.29, 0.717) is 5.92 Å². The summed E-state index contributed by atoms with van der Waals surface area (Å²) in [5.41, 5.74) is 1.27. The molecule has 0 saturated carbocycles. The van der Waals surface area contributed by atoms with Crippen LogP contribution in [0.4, 0.5) is 5.82 Å². The largest absolute Gasteiger partial charge is 0.380 e. The molecule has 0 radical (unpaired) electrons. The Hall–Kier alpha value is -1.13. The average molecular weight is 265 g/mol. The van der Waals surface area contributed by atoms with Crippen molar-refractivity contribution in [1.29, 1.82) is 0 Å². The molecule has 1 N–H and O–H groups in total. The molecule has 19 heavy (non-hydrogen) atoms. The molecule has 0 unspecified atom stereocenters. The Morgan fingerprint density at radius 1 is 1.42 bits per heavy atom. The molecule has 4 heteroatoms. The van der Waals surface area contributed by atoms with Crippen molar-refractivity contribution in [2.75, 3.05) is 38.3 Å². The van der Waals surface area contributed by atoms with Gasteiger partial charge in [0.1, 0.15) is 5.82 Å². The molecule has 4 nitrogen and oxygen atoms in total. The van der Waals surface area contributed by atoms with E-state index in [0.717, 1.165) is 38.7 Å². The maximum atomic E-state index is 5.37. The van der Waals surface area contributed by atoms with Crippen LogP contribution >= 0.6 is 0 Å². The first kappa shape index (κ1) is 15.9. The highest BCUT2D eigenvalue weighted by atomic mass is 16.5. The Balaban J connectivity index is 2.46. The molecular formula is C15H27N3O. The van der Waals surface area contributed by atoms with E-state index in [9.17, 15) is 0 Å². The van der Waals surface area contributed by atoms with Gasteiger partial charge in [0.2, 0.25) is 0 Å². The lowest BCUT2D eigenvalue weighted by Crippen LogP contribution is -2.24. The fraction of sp³-hybridized carbons (Fsp3) is 0.667. The normalized spacial score (nSPS) is 11.0. The number of pyridine rings is 1. The Kier molecular flexibility index (Phi) is 7.45. The Labute approximate surface area is 117 Å². The molecule has 0 aliphatic carbocycles. The highest BCUT2D eigenvalue weighted by Gasteiger charge is 2.03. The SMILES string of the molecule is CCOCCN(C)c1cc(CNCC(C)C)ccn1. The van der Waals surface area contributed by atoms with E-state index >= 15 is 0 Å². The van der Waals surface area contributed by atoms with Gasteiger partial charge in [0.25, 0.3) is 0 Å². The molecule has 0 aliphatic rings. The van der Waals surface area contributed by atoms with Crippen molar-refractivity contribution in [2.24, 2.45) is 5.92 Å². The molecule has 0 saturated heterocycles. The molecule has 0 atom stereocenters. The van der Waals surface area contributed by atoms with Crippen LogP contribution in [0.3, 0.4) is 0 Å². The Bertz CT molecular complexity index is 355. The molecule has 0 aliphatic heterocycles.